The Labute approximate surface area is 173 Å². The number of anilines is 1. The summed E-state index contributed by atoms with van der Waals surface area (Å²) in [6.45, 7) is 6.36. The lowest BCUT2D eigenvalue weighted by Crippen LogP contribution is -2.38. The van der Waals surface area contributed by atoms with Gasteiger partial charge in [-0.25, -0.2) is 9.97 Å². The first-order valence-corrected chi connectivity index (χ1v) is 9.72. The van der Waals surface area contributed by atoms with Gasteiger partial charge in [-0.05, 0) is 25.0 Å². The molecule has 2 aromatic heterocycles. The zero-order valence-corrected chi connectivity index (χ0v) is 17.3. The maximum absolute atomic E-state index is 12.5. The molecule has 3 N–H and O–H groups in total. The molecule has 2 aromatic rings. The fourth-order valence-electron chi connectivity index (χ4n) is 3.24. The lowest BCUT2D eigenvalue weighted by molar-refractivity contribution is 0.102. The fourth-order valence-corrected chi connectivity index (χ4v) is 4.41. The van der Waals surface area contributed by atoms with Crippen molar-refractivity contribution in [3.8, 4) is 18.2 Å². The summed E-state index contributed by atoms with van der Waals surface area (Å²) in [5, 5.41) is 3.33. The van der Waals surface area contributed by atoms with E-state index in [2.05, 4.69) is 45.0 Å². The number of nitrogens with two attached hydrogens (primary N) is 1. The van der Waals surface area contributed by atoms with Gasteiger partial charge in [0.2, 0.25) is 5.88 Å². The number of carbonyl (C=O) groups is 1. The van der Waals surface area contributed by atoms with Crippen LogP contribution in [0.3, 0.4) is 0 Å². The van der Waals surface area contributed by atoms with Crippen molar-refractivity contribution in [2.45, 2.75) is 37.5 Å². The lowest BCUT2D eigenvalue weighted by Gasteiger charge is -2.39. The second-order valence-electron chi connectivity index (χ2n) is 7.41. The number of ether oxygens (including phenoxy) is 1. The van der Waals surface area contributed by atoms with Crippen LogP contribution in [0, 0.1) is 12.3 Å². The molecule has 1 amide bonds. The van der Waals surface area contributed by atoms with Crippen molar-refractivity contribution < 1.29 is 9.53 Å². The maximum Gasteiger partial charge on any atom is 0.275 e. The molecule has 1 atom stereocenters. The van der Waals surface area contributed by atoms with Gasteiger partial charge in [0.1, 0.15) is 5.69 Å². The van der Waals surface area contributed by atoms with E-state index in [-0.39, 0.29) is 22.9 Å². The zero-order valence-electron chi connectivity index (χ0n) is 16.5. The van der Waals surface area contributed by atoms with Gasteiger partial charge < -0.3 is 15.8 Å². The van der Waals surface area contributed by atoms with Crippen molar-refractivity contribution in [2.75, 3.05) is 11.9 Å². The topological polar surface area (TPSA) is 115 Å². The highest BCUT2D eigenvalue weighted by Crippen LogP contribution is 2.44. The maximum atomic E-state index is 12.5. The van der Waals surface area contributed by atoms with Crippen LogP contribution in [0.4, 0.5) is 5.69 Å². The van der Waals surface area contributed by atoms with Crippen LogP contribution in [0.15, 0.2) is 35.8 Å². The molecular weight excluding hydrogens is 388 g/mol. The first-order chi connectivity index (χ1) is 13.7. The molecule has 3 heterocycles. The number of terminal acetylenes is 1. The van der Waals surface area contributed by atoms with E-state index < -0.39 is 11.4 Å². The number of hydrogen-bond acceptors (Lipinski definition) is 8. The fraction of sp³-hybridized carbons (Fsp3) is 0.350. The second kappa shape index (κ2) is 8.09. The first kappa shape index (κ1) is 20.6. The summed E-state index contributed by atoms with van der Waals surface area (Å²) in [4.78, 5) is 29.5. The van der Waals surface area contributed by atoms with Gasteiger partial charge in [-0.15, -0.1) is 6.42 Å². The van der Waals surface area contributed by atoms with Crippen molar-refractivity contribution in [1.29, 1.82) is 0 Å². The van der Waals surface area contributed by atoms with Crippen molar-refractivity contribution in [3.05, 3.63) is 42.1 Å². The zero-order chi connectivity index (χ0) is 21.1. The van der Waals surface area contributed by atoms with Crippen LogP contribution in [-0.4, -0.2) is 37.4 Å². The van der Waals surface area contributed by atoms with Crippen LogP contribution in [0.1, 0.15) is 43.2 Å². The van der Waals surface area contributed by atoms with Gasteiger partial charge in [0.15, 0.2) is 11.8 Å². The second-order valence-corrected chi connectivity index (χ2v) is 9.14. The molecule has 0 spiro atoms. The molecule has 0 saturated carbocycles. The number of carbonyl (C=O) groups excluding carboxylic acids is 1. The molecule has 0 aliphatic carbocycles. The molecule has 0 unspecified atom stereocenters. The average molecular weight is 411 g/mol. The molecule has 0 saturated heterocycles. The number of nitrogens with one attached hydrogen (secondary N) is 1. The average Bonchev–Trinajstić information content (AvgIpc) is 2.65. The largest absolute Gasteiger partial charge is 0.463 e. The Bertz CT molecular complexity index is 983. The Morgan fingerprint density at radius 1 is 1.31 bits per heavy atom. The highest BCUT2D eigenvalue weighted by atomic mass is 32.2. The van der Waals surface area contributed by atoms with Crippen LogP contribution in [-0.2, 0) is 5.54 Å². The molecule has 0 radical (unpaired) electrons. The van der Waals surface area contributed by atoms with E-state index in [0.29, 0.717) is 10.9 Å². The lowest BCUT2D eigenvalue weighted by atomic mass is 9.84. The Morgan fingerprint density at radius 2 is 2.10 bits per heavy atom. The van der Waals surface area contributed by atoms with Gasteiger partial charge in [-0.2, -0.15) is 0 Å². The van der Waals surface area contributed by atoms with Crippen LogP contribution in [0.5, 0.6) is 5.88 Å². The smallest absolute Gasteiger partial charge is 0.275 e. The summed E-state index contributed by atoms with van der Waals surface area (Å²) >= 11 is 1.56. The van der Waals surface area contributed by atoms with E-state index in [1.165, 1.54) is 12.4 Å². The number of amidine groups is 1. The third-order valence-corrected chi connectivity index (χ3v) is 5.29. The van der Waals surface area contributed by atoms with Crippen LogP contribution < -0.4 is 15.8 Å². The van der Waals surface area contributed by atoms with Gasteiger partial charge in [0, 0.05) is 10.9 Å². The normalized spacial score (nSPS) is 20.3. The molecule has 0 fully saturated rings. The van der Waals surface area contributed by atoms with Crippen molar-refractivity contribution in [3.63, 3.8) is 0 Å². The molecule has 29 heavy (non-hydrogen) atoms. The number of pyridine rings is 1. The minimum atomic E-state index is -0.525. The van der Waals surface area contributed by atoms with Crippen molar-refractivity contribution in [1.82, 2.24) is 15.0 Å². The third kappa shape index (κ3) is 5.03. The summed E-state index contributed by atoms with van der Waals surface area (Å²) in [6.07, 6.45) is 11.9. The van der Waals surface area contributed by atoms with E-state index in [1.54, 1.807) is 24.2 Å². The molecule has 0 bridgehead atoms. The standard InChI is InChI=1S/C20H22N6O2S/c1-5-6-28-16-11-23-15(10-24-16)17(27)25-14-7-13(8-22-9-14)20(4)12-19(2,3)29-18(21)26-20/h1,7-11H,6,12H2,2-4H3,(H2,21,26)(H,25,27)/t20-/m0/s1. The van der Waals surface area contributed by atoms with Gasteiger partial charge in [0.25, 0.3) is 5.91 Å². The van der Waals surface area contributed by atoms with Crippen molar-refractivity contribution >= 4 is 28.5 Å². The summed E-state index contributed by atoms with van der Waals surface area (Å²) < 4.78 is 5.09. The molecule has 9 heteroatoms. The van der Waals surface area contributed by atoms with E-state index in [9.17, 15) is 4.79 Å². The van der Waals surface area contributed by atoms with E-state index in [4.69, 9.17) is 16.9 Å². The number of aromatic nitrogens is 3. The van der Waals surface area contributed by atoms with Gasteiger partial charge in [-0.1, -0.05) is 31.5 Å². The minimum Gasteiger partial charge on any atom is -0.463 e. The summed E-state index contributed by atoms with van der Waals surface area (Å²) in [5.41, 5.74) is 7.07. The Hall–Kier alpha value is -3.12. The number of hydrogen-bond donors (Lipinski definition) is 2. The van der Waals surface area contributed by atoms with E-state index >= 15 is 0 Å². The summed E-state index contributed by atoms with van der Waals surface area (Å²) in [5.74, 6) is 2.18. The van der Waals surface area contributed by atoms with E-state index in [1.807, 2.05) is 13.0 Å². The first-order valence-electron chi connectivity index (χ1n) is 8.90. The van der Waals surface area contributed by atoms with Crippen LogP contribution in [0.25, 0.3) is 0 Å². The quantitative estimate of drug-likeness (QED) is 0.728. The number of amides is 1. The molecular formula is C20H22N6O2S. The van der Waals surface area contributed by atoms with Crippen LogP contribution >= 0.6 is 11.8 Å². The molecule has 0 aromatic carbocycles. The third-order valence-electron chi connectivity index (χ3n) is 4.29. The van der Waals surface area contributed by atoms with Gasteiger partial charge in [-0.3, -0.25) is 14.8 Å². The number of thioether (sulfide) groups is 1. The number of aliphatic imine (C=N–C) groups is 1. The highest BCUT2D eigenvalue weighted by Gasteiger charge is 2.39. The SMILES string of the molecule is C#CCOc1cnc(C(=O)Nc2cncc([C@]3(C)CC(C)(C)SC(N)=N3)c2)cn1. The molecule has 150 valence electrons. The summed E-state index contributed by atoms with van der Waals surface area (Å²) in [7, 11) is 0. The van der Waals surface area contributed by atoms with Gasteiger partial charge in [0.05, 0.1) is 29.8 Å². The molecule has 3 rings (SSSR count). The monoisotopic (exact) mass is 410 g/mol. The van der Waals surface area contributed by atoms with Crippen molar-refractivity contribution in [2.24, 2.45) is 10.7 Å². The predicted octanol–water partition coefficient (Wildman–Crippen LogP) is 2.58. The Balaban J connectivity index is 1.77. The Morgan fingerprint density at radius 3 is 2.76 bits per heavy atom. The minimum absolute atomic E-state index is 0.0569. The highest BCUT2D eigenvalue weighted by molar-refractivity contribution is 8.15. The Kier molecular flexibility index (Phi) is 5.75. The number of nitrogens with zero attached hydrogens (tertiary/aromatic N) is 4. The molecule has 1 aliphatic rings. The number of rotatable bonds is 5. The molecule has 8 nitrogen and oxygen atoms in total. The van der Waals surface area contributed by atoms with Crippen LogP contribution in [0.2, 0.25) is 0 Å². The van der Waals surface area contributed by atoms with Gasteiger partial charge >= 0.3 is 0 Å². The predicted molar refractivity (Wildman–Crippen MR) is 114 cm³/mol. The summed E-state index contributed by atoms with van der Waals surface area (Å²) in [6, 6.07) is 1.85. The van der Waals surface area contributed by atoms with E-state index in [0.717, 1.165) is 12.0 Å². The molecule has 1 aliphatic heterocycles.